The first-order valence-corrected chi connectivity index (χ1v) is 9.55. The van der Waals surface area contributed by atoms with Crippen LogP contribution in [0.15, 0.2) is 18.2 Å². The van der Waals surface area contributed by atoms with Crippen LogP contribution >= 0.6 is 23.2 Å². The molecule has 1 aromatic rings. The molecule has 0 spiro atoms. The van der Waals surface area contributed by atoms with Crippen LogP contribution in [0.1, 0.15) is 42.5 Å². The Morgan fingerprint density at radius 3 is 2.12 bits per heavy atom. The molecule has 0 unspecified atom stereocenters. The van der Waals surface area contributed by atoms with E-state index < -0.39 is 0 Å². The molecule has 1 aromatic carbocycles. The van der Waals surface area contributed by atoms with E-state index in [0.717, 1.165) is 11.8 Å². The molecule has 1 amide bonds. The molecule has 1 N–H and O–H groups in total. The lowest BCUT2D eigenvalue weighted by Gasteiger charge is -2.60. The Hall–Kier alpha value is -0.770. The predicted molar refractivity (Wildman–Crippen MR) is 95.6 cm³/mol. The molecule has 4 saturated carbocycles. The number of halogens is 2. The number of hydrogen-bond acceptors (Lipinski definition) is 2. The second-order valence-electron chi connectivity index (χ2n) is 7.80. The van der Waals surface area contributed by atoms with Crippen molar-refractivity contribution in [3.05, 3.63) is 33.8 Å². The van der Waals surface area contributed by atoms with Crippen LogP contribution in [0.5, 0.6) is 0 Å². The maximum Gasteiger partial charge on any atom is 0.251 e. The van der Waals surface area contributed by atoms with E-state index in [2.05, 4.69) is 5.32 Å². The topological polar surface area (TPSA) is 38.3 Å². The van der Waals surface area contributed by atoms with Crippen LogP contribution in [-0.4, -0.2) is 25.2 Å². The summed E-state index contributed by atoms with van der Waals surface area (Å²) < 4.78 is 6.08. The molecule has 4 fully saturated rings. The Kier molecular flexibility index (Phi) is 4.30. The summed E-state index contributed by atoms with van der Waals surface area (Å²) in [7, 11) is 1.81. The average molecular weight is 368 g/mol. The molecule has 3 nitrogen and oxygen atoms in total. The van der Waals surface area contributed by atoms with Crippen molar-refractivity contribution in [3.63, 3.8) is 0 Å². The predicted octanol–water partition coefficient (Wildman–Crippen LogP) is 4.56. The fourth-order valence-corrected chi connectivity index (χ4v) is 6.21. The molecule has 0 radical (unpaired) electrons. The second-order valence-corrected chi connectivity index (χ2v) is 8.68. The van der Waals surface area contributed by atoms with E-state index in [-0.39, 0.29) is 11.5 Å². The van der Waals surface area contributed by atoms with Gasteiger partial charge in [0.15, 0.2) is 0 Å². The smallest absolute Gasteiger partial charge is 0.251 e. The molecule has 4 aliphatic rings. The Morgan fingerprint density at radius 2 is 1.62 bits per heavy atom. The number of ether oxygens (including phenoxy) is 1. The highest BCUT2D eigenvalue weighted by molar-refractivity contribution is 6.35. The van der Waals surface area contributed by atoms with Gasteiger partial charge in [-0.3, -0.25) is 4.79 Å². The summed E-state index contributed by atoms with van der Waals surface area (Å²) in [5, 5.41) is 4.04. The molecule has 0 aromatic heterocycles. The fraction of sp³-hybridized carbons (Fsp3) is 0.632. The van der Waals surface area contributed by atoms with Crippen LogP contribution in [0.3, 0.4) is 0 Å². The van der Waals surface area contributed by atoms with Crippen LogP contribution in [0.25, 0.3) is 0 Å². The van der Waals surface area contributed by atoms with Gasteiger partial charge in [0.05, 0.1) is 5.60 Å². The molecule has 5 rings (SSSR count). The van der Waals surface area contributed by atoms with E-state index in [0.29, 0.717) is 34.0 Å². The van der Waals surface area contributed by atoms with Gasteiger partial charge >= 0.3 is 0 Å². The zero-order valence-electron chi connectivity index (χ0n) is 13.9. The fourth-order valence-electron chi connectivity index (χ4n) is 5.68. The van der Waals surface area contributed by atoms with E-state index in [1.807, 2.05) is 7.11 Å². The van der Waals surface area contributed by atoms with E-state index in [1.54, 1.807) is 18.2 Å². The molecule has 0 heterocycles. The minimum atomic E-state index is -0.203. The van der Waals surface area contributed by atoms with Gasteiger partial charge in [-0.15, -0.1) is 0 Å². The van der Waals surface area contributed by atoms with Gasteiger partial charge < -0.3 is 10.1 Å². The molecule has 0 atom stereocenters. The minimum Gasteiger partial charge on any atom is -0.376 e. The highest BCUT2D eigenvalue weighted by Crippen LogP contribution is 2.59. The Morgan fingerprint density at radius 1 is 1.08 bits per heavy atom. The van der Waals surface area contributed by atoms with E-state index in [1.165, 1.54) is 32.1 Å². The monoisotopic (exact) mass is 367 g/mol. The highest BCUT2D eigenvalue weighted by atomic mass is 35.5. The van der Waals surface area contributed by atoms with Crippen molar-refractivity contribution in [1.29, 1.82) is 0 Å². The maximum absolute atomic E-state index is 12.6. The van der Waals surface area contributed by atoms with Gasteiger partial charge in [0.1, 0.15) is 0 Å². The van der Waals surface area contributed by atoms with E-state index in [4.69, 9.17) is 27.9 Å². The second kappa shape index (κ2) is 6.19. The Labute approximate surface area is 153 Å². The first-order valence-electron chi connectivity index (χ1n) is 8.79. The number of benzene rings is 1. The first kappa shape index (κ1) is 16.7. The van der Waals surface area contributed by atoms with Crippen molar-refractivity contribution in [2.24, 2.45) is 23.7 Å². The molecule has 5 heteroatoms. The largest absolute Gasteiger partial charge is 0.376 e. The summed E-state index contributed by atoms with van der Waals surface area (Å²) in [5.74, 6) is 2.75. The van der Waals surface area contributed by atoms with Crippen molar-refractivity contribution < 1.29 is 9.53 Å². The number of carbonyl (C=O) groups is 1. The van der Waals surface area contributed by atoms with Gasteiger partial charge in [-0.05, 0) is 74.0 Å². The standard InChI is InChI=1S/C19H23Cl2NO2/c1-24-19(14-3-11-2-12(5-14)6-15(19)4-11)10-22-18(23)13-7-16(20)9-17(21)8-13/h7-9,11-12,14-15H,2-6,10H2,1H3,(H,22,23). The summed E-state index contributed by atoms with van der Waals surface area (Å²) in [6, 6.07) is 4.94. The maximum atomic E-state index is 12.6. The number of nitrogens with one attached hydrogen (secondary N) is 1. The zero-order valence-corrected chi connectivity index (χ0v) is 15.4. The van der Waals surface area contributed by atoms with Crippen LogP contribution in [0.2, 0.25) is 10.0 Å². The molecule has 4 aliphatic carbocycles. The van der Waals surface area contributed by atoms with Crippen molar-refractivity contribution >= 4 is 29.1 Å². The van der Waals surface area contributed by atoms with Gasteiger partial charge in [-0.25, -0.2) is 0 Å². The normalized spacial score (nSPS) is 36.8. The average Bonchev–Trinajstić information content (AvgIpc) is 2.53. The molecule has 130 valence electrons. The SMILES string of the molecule is COC1(CNC(=O)c2cc(Cl)cc(Cl)c2)C2CC3CC(C2)CC1C3. The molecule has 24 heavy (non-hydrogen) atoms. The quantitative estimate of drug-likeness (QED) is 0.846. The summed E-state index contributed by atoms with van der Waals surface area (Å²) in [5.41, 5.74) is 0.299. The Bertz CT molecular complexity index is 613. The van der Waals surface area contributed by atoms with Crippen molar-refractivity contribution in [2.75, 3.05) is 13.7 Å². The van der Waals surface area contributed by atoms with Crippen LogP contribution in [0.4, 0.5) is 0 Å². The third kappa shape index (κ3) is 2.75. The lowest BCUT2D eigenvalue weighted by Crippen LogP contribution is -2.63. The van der Waals surface area contributed by atoms with Gasteiger partial charge in [-0.1, -0.05) is 23.2 Å². The number of hydrogen-bond donors (Lipinski definition) is 1. The number of amides is 1. The third-order valence-electron chi connectivity index (χ3n) is 6.55. The van der Waals surface area contributed by atoms with Gasteiger partial charge in [-0.2, -0.15) is 0 Å². The first-order chi connectivity index (χ1) is 11.5. The van der Waals surface area contributed by atoms with Crippen molar-refractivity contribution in [3.8, 4) is 0 Å². The minimum absolute atomic E-state index is 0.135. The van der Waals surface area contributed by atoms with Crippen LogP contribution < -0.4 is 5.32 Å². The third-order valence-corrected chi connectivity index (χ3v) is 6.99. The summed E-state index contributed by atoms with van der Waals surface area (Å²) >= 11 is 12.0. The number of methoxy groups -OCH3 is 1. The van der Waals surface area contributed by atoms with E-state index >= 15 is 0 Å². The van der Waals surface area contributed by atoms with Crippen molar-refractivity contribution in [1.82, 2.24) is 5.32 Å². The van der Waals surface area contributed by atoms with Crippen LogP contribution in [0, 0.1) is 23.7 Å². The highest BCUT2D eigenvalue weighted by Gasteiger charge is 2.57. The van der Waals surface area contributed by atoms with Crippen LogP contribution in [-0.2, 0) is 4.74 Å². The van der Waals surface area contributed by atoms with Gasteiger partial charge in [0, 0.05) is 29.3 Å². The van der Waals surface area contributed by atoms with Crippen molar-refractivity contribution in [2.45, 2.75) is 37.7 Å². The Balaban J connectivity index is 1.50. The summed E-state index contributed by atoms with van der Waals surface area (Å²) in [6.45, 7) is 0.571. The lowest BCUT2D eigenvalue weighted by atomic mass is 9.49. The number of rotatable bonds is 4. The molecule has 0 saturated heterocycles. The number of carbonyl (C=O) groups excluding carboxylic acids is 1. The summed E-state index contributed by atoms with van der Waals surface area (Å²) in [4.78, 5) is 12.6. The zero-order chi connectivity index (χ0) is 16.9. The van der Waals surface area contributed by atoms with E-state index in [9.17, 15) is 4.79 Å². The molecular weight excluding hydrogens is 345 g/mol. The molecule has 0 aliphatic heterocycles. The summed E-state index contributed by atoms with van der Waals surface area (Å²) in [6.07, 6.45) is 6.40. The molecule has 4 bridgehead atoms. The van der Waals surface area contributed by atoms with Gasteiger partial charge in [0.2, 0.25) is 0 Å². The lowest BCUT2D eigenvalue weighted by molar-refractivity contribution is -0.186. The van der Waals surface area contributed by atoms with Gasteiger partial charge in [0.25, 0.3) is 5.91 Å². The molecular formula is C19H23Cl2NO2.